The molecule has 104 valence electrons. The van der Waals surface area contributed by atoms with Crippen molar-refractivity contribution in [3.63, 3.8) is 0 Å². The van der Waals surface area contributed by atoms with Crippen LogP contribution < -0.4 is 5.32 Å². The molecular weight excluding hydrogens is 260 g/mol. The number of nitro benzene ring substituents is 1. The van der Waals surface area contributed by atoms with Gasteiger partial charge in [0.2, 0.25) is 0 Å². The van der Waals surface area contributed by atoms with Crippen LogP contribution in [0.3, 0.4) is 0 Å². The standard InChI is InChI=1S/C14H20N2O2S/c1-10-11(7-5-8-13(10)16(17)18)15-12-6-3-4-9-14(12)19-2/h5,7-8,12,14-15H,3-4,6,9H2,1-2H3. The fourth-order valence-corrected chi connectivity index (χ4v) is 3.66. The Hall–Kier alpha value is -1.23. The van der Waals surface area contributed by atoms with Gasteiger partial charge in [0.25, 0.3) is 5.69 Å². The van der Waals surface area contributed by atoms with E-state index < -0.39 is 0 Å². The molecule has 0 bridgehead atoms. The minimum absolute atomic E-state index is 0.196. The summed E-state index contributed by atoms with van der Waals surface area (Å²) in [6.07, 6.45) is 7.05. The maximum atomic E-state index is 11.0. The lowest BCUT2D eigenvalue weighted by atomic mass is 9.94. The smallest absolute Gasteiger partial charge is 0.274 e. The summed E-state index contributed by atoms with van der Waals surface area (Å²) in [6.45, 7) is 1.82. The minimum atomic E-state index is -0.312. The minimum Gasteiger partial charge on any atom is -0.381 e. The van der Waals surface area contributed by atoms with Gasteiger partial charge in [-0.25, -0.2) is 0 Å². The predicted octanol–water partition coefficient (Wildman–Crippen LogP) is 3.99. The molecule has 1 aliphatic rings. The van der Waals surface area contributed by atoms with Crippen LogP contribution in [-0.2, 0) is 0 Å². The Kier molecular flexibility index (Phi) is 4.69. The summed E-state index contributed by atoms with van der Waals surface area (Å²) in [6, 6.07) is 5.68. The van der Waals surface area contributed by atoms with Crippen molar-refractivity contribution in [1.82, 2.24) is 0 Å². The van der Waals surface area contributed by atoms with Gasteiger partial charge in [0.05, 0.1) is 4.92 Å². The number of hydrogen-bond donors (Lipinski definition) is 1. The van der Waals surface area contributed by atoms with Crippen LogP contribution in [0.5, 0.6) is 0 Å². The summed E-state index contributed by atoms with van der Waals surface area (Å²) in [5.41, 5.74) is 1.83. The zero-order valence-corrected chi connectivity index (χ0v) is 12.2. The molecule has 2 rings (SSSR count). The highest BCUT2D eigenvalue weighted by Crippen LogP contribution is 2.32. The molecular formula is C14H20N2O2S. The molecule has 5 heteroatoms. The van der Waals surface area contributed by atoms with E-state index in [-0.39, 0.29) is 10.6 Å². The number of hydrogen-bond acceptors (Lipinski definition) is 4. The monoisotopic (exact) mass is 280 g/mol. The van der Waals surface area contributed by atoms with Crippen LogP contribution in [0.2, 0.25) is 0 Å². The Bertz CT molecular complexity index is 465. The normalized spacial score (nSPS) is 23.1. The van der Waals surface area contributed by atoms with Gasteiger partial charge < -0.3 is 5.32 Å². The van der Waals surface area contributed by atoms with Crippen molar-refractivity contribution in [3.8, 4) is 0 Å². The van der Waals surface area contributed by atoms with Crippen molar-refractivity contribution in [2.45, 2.75) is 43.9 Å². The second kappa shape index (κ2) is 6.28. The molecule has 1 saturated carbocycles. The summed E-state index contributed by atoms with van der Waals surface area (Å²) >= 11 is 1.89. The molecule has 0 heterocycles. The van der Waals surface area contributed by atoms with Crippen molar-refractivity contribution in [3.05, 3.63) is 33.9 Å². The summed E-state index contributed by atoms with van der Waals surface area (Å²) in [5.74, 6) is 0. The molecule has 0 aliphatic heterocycles. The third-order valence-corrected chi connectivity index (χ3v) is 5.02. The van der Waals surface area contributed by atoms with Crippen LogP contribution in [0.25, 0.3) is 0 Å². The number of thioether (sulfide) groups is 1. The molecule has 1 N–H and O–H groups in total. The van der Waals surface area contributed by atoms with E-state index in [0.717, 1.165) is 17.7 Å². The van der Waals surface area contributed by atoms with Gasteiger partial charge in [0, 0.05) is 28.6 Å². The van der Waals surface area contributed by atoms with Gasteiger partial charge >= 0.3 is 0 Å². The molecule has 1 aliphatic carbocycles. The van der Waals surface area contributed by atoms with Crippen molar-refractivity contribution >= 4 is 23.1 Å². The molecule has 19 heavy (non-hydrogen) atoms. The highest BCUT2D eigenvalue weighted by Gasteiger charge is 2.25. The average Bonchev–Trinajstić information content (AvgIpc) is 2.41. The van der Waals surface area contributed by atoms with Crippen LogP contribution >= 0.6 is 11.8 Å². The van der Waals surface area contributed by atoms with E-state index in [2.05, 4.69) is 11.6 Å². The number of nitrogens with one attached hydrogen (secondary N) is 1. The Morgan fingerprint density at radius 3 is 2.79 bits per heavy atom. The first-order chi connectivity index (χ1) is 9.13. The summed E-state index contributed by atoms with van der Waals surface area (Å²) in [5, 5.41) is 15.1. The lowest BCUT2D eigenvalue weighted by molar-refractivity contribution is -0.385. The molecule has 0 radical (unpaired) electrons. The molecule has 2 atom stereocenters. The Labute approximate surface area is 118 Å². The van der Waals surface area contributed by atoms with Gasteiger partial charge in [-0.1, -0.05) is 18.9 Å². The number of nitro groups is 1. The fraction of sp³-hybridized carbons (Fsp3) is 0.571. The van der Waals surface area contributed by atoms with E-state index in [1.165, 1.54) is 19.3 Å². The van der Waals surface area contributed by atoms with Gasteiger partial charge in [-0.2, -0.15) is 11.8 Å². The van der Waals surface area contributed by atoms with Crippen molar-refractivity contribution in [2.24, 2.45) is 0 Å². The highest BCUT2D eigenvalue weighted by atomic mass is 32.2. The third kappa shape index (κ3) is 3.21. The summed E-state index contributed by atoms with van der Waals surface area (Å²) in [4.78, 5) is 10.6. The van der Waals surface area contributed by atoms with Gasteiger partial charge in [-0.05, 0) is 32.1 Å². The largest absolute Gasteiger partial charge is 0.381 e. The average molecular weight is 280 g/mol. The molecule has 0 saturated heterocycles. The highest BCUT2D eigenvalue weighted by molar-refractivity contribution is 7.99. The topological polar surface area (TPSA) is 55.2 Å². The van der Waals surface area contributed by atoms with E-state index in [4.69, 9.17) is 0 Å². The molecule has 1 fully saturated rings. The zero-order chi connectivity index (χ0) is 13.8. The molecule has 1 aromatic rings. The van der Waals surface area contributed by atoms with Gasteiger partial charge in [-0.15, -0.1) is 0 Å². The number of nitrogens with zero attached hydrogens (tertiary/aromatic N) is 1. The van der Waals surface area contributed by atoms with Gasteiger partial charge in [-0.3, -0.25) is 10.1 Å². The van der Waals surface area contributed by atoms with Crippen LogP contribution in [0, 0.1) is 17.0 Å². The van der Waals surface area contributed by atoms with E-state index in [1.54, 1.807) is 12.1 Å². The fourth-order valence-electron chi connectivity index (χ4n) is 2.72. The van der Waals surface area contributed by atoms with Crippen LogP contribution in [0.4, 0.5) is 11.4 Å². The van der Waals surface area contributed by atoms with Crippen LogP contribution in [0.1, 0.15) is 31.2 Å². The van der Waals surface area contributed by atoms with Crippen LogP contribution in [0.15, 0.2) is 18.2 Å². The van der Waals surface area contributed by atoms with Crippen molar-refractivity contribution in [1.29, 1.82) is 0 Å². The van der Waals surface area contributed by atoms with Crippen LogP contribution in [-0.4, -0.2) is 22.5 Å². The Morgan fingerprint density at radius 1 is 1.37 bits per heavy atom. The molecule has 4 nitrogen and oxygen atoms in total. The summed E-state index contributed by atoms with van der Waals surface area (Å²) < 4.78 is 0. The lowest BCUT2D eigenvalue weighted by Gasteiger charge is -2.32. The zero-order valence-electron chi connectivity index (χ0n) is 11.4. The number of benzene rings is 1. The maximum Gasteiger partial charge on any atom is 0.274 e. The molecule has 1 aromatic carbocycles. The number of rotatable bonds is 4. The van der Waals surface area contributed by atoms with Gasteiger partial charge in [0.15, 0.2) is 0 Å². The molecule has 2 unspecified atom stereocenters. The van der Waals surface area contributed by atoms with E-state index >= 15 is 0 Å². The third-order valence-electron chi connectivity index (χ3n) is 3.85. The second-order valence-electron chi connectivity index (χ2n) is 5.02. The SMILES string of the molecule is CSC1CCCCC1Nc1cccc([N+](=O)[O-])c1C. The first-order valence-corrected chi connectivity index (χ1v) is 7.95. The first kappa shape index (κ1) is 14.2. The quantitative estimate of drug-likeness (QED) is 0.669. The van der Waals surface area contributed by atoms with E-state index in [9.17, 15) is 10.1 Å². The predicted molar refractivity (Wildman–Crippen MR) is 81.0 cm³/mol. The number of anilines is 1. The summed E-state index contributed by atoms with van der Waals surface area (Å²) in [7, 11) is 0. The second-order valence-corrected chi connectivity index (χ2v) is 6.09. The Balaban J connectivity index is 2.18. The molecule has 0 amide bonds. The van der Waals surface area contributed by atoms with Crippen molar-refractivity contribution < 1.29 is 4.92 Å². The van der Waals surface area contributed by atoms with E-state index in [0.29, 0.717) is 11.3 Å². The first-order valence-electron chi connectivity index (χ1n) is 6.67. The lowest BCUT2D eigenvalue weighted by Crippen LogP contribution is -2.34. The van der Waals surface area contributed by atoms with Gasteiger partial charge in [0.1, 0.15) is 0 Å². The van der Waals surface area contributed by atoms with E-state index in [1.807, 2.05) is 24.8 Å². The molecule has 0 spiro atoms. The molecule has 0 aromatic heterocycles. The maximum absolute atomic E-state index is 11.0. The Morgan fingerprint density at radius 2 is 2.11 bits per heavy atom. The van der Waals surface area contributed by atoms with Crippen molar-refractivity contribution in [2.75, 3.05) is 11.6 Å².